The molecule has 2 heteroatoms. The fourth-order valence-electron chi connectivity index (χ4n) is 4.05. The molecule has 1 unspecified atom stereocenters. The van der Waals surface area contributed by atoms with E-state index in [0.29, 0.717) is 6.17 Å². The second-order valence-corrected chi connectivity index (χ2v) is 7.91. The molecule has 0 aromatic carbocycles. The van der Waals surface area contributed by atoms with Gasteiger partial charge in [-0.3, -0.25) is 0 Å². The Bertz CT molecular complexity index is 313. The van der Waals surface area contributed by atoms with Gasteiger partial charge in [0.2, 0.25) is 0 Å². The summed E-state index contributed by atoms with van der Waals surface area (Å²) in [5.41, 5.74) is 0. The van der Waals surface area contributed by atoms with Crippen molar-refractivity contribution in [3.63, 3.8) is 0 Å². The minimum Gasteiger partial charge on any atom is -0.356 e. The van der Waals surface area contributed by atoms with Crippen LogP contribution >= 0.6 is 0 Å². The van der Waals surface area contributed by atoms with Crippen LogP contribution in [0.4, 0.5) is 0 Å². The first-order valence-electron chi connectivity index (χ1n) is 11.5. The van der Waals surface area contributed by atoms with Gasteiger partial charge in [0.05, 0.1) is 0 Å². The van der Waals surface area contributed by atoms with Gasteiger partial charge in [0.25, 0.3) is 0 Å². The molecule has 0 saturated carbocycles. The van der Waals surface area contributed by atoms with Gasteiger partial charge in [-0.2, -0.15) is 0 Å². The molecule has 1 aliphatic heterocycles. The summed E-state index contributed by atoms with van der Waals surface area (Å²) in [5.74, 6) is 0. The van der Waals surface area contributed by atoms with Crippen LogP contribution in [-0.4, -0.2) is 29.1 Å². The molecule has 25 heavy (non-hydrogen) atoms. The Kier molecular flexibility index (Phi) is 14.0. The standard InChI is InChI=1S/C23H46N2/c1-4-7-8-9-10-11-12-13-14-15-16-17-18-20-25-22-21-24(19-5-2)23(25)6-3/h21-23H,4-20H2,1-3H3. The molecule has 1 heterocycles. The molecule has 0 spiro atoms. The Balaban J connectivity index is 1.88. The average molecular weight is 351 g/mol. The lowest BCUT2D eigenvalue weighted by atomic mass is 10.0. The molecule has 0 N–H and O–H groups in total. The van der Waals surface area contributed by atoms with E-state index in [1.54, 1.807) is 0 Å². The molecule has 0 amide bonds. The normalized spacial score (nSPS) is 17.0. The first-order valence-corrected chi connectivity index (χ1v) is 11.5. The number of hydrogen-bond acceptors (Lipinski definition) is 2. The summed E-state index contributed by atoms with van der Waals surface area (Å²) >= 11 is 0. The van der Waals surface area contributed by atoms with Crippen molar-refractivity contribution >= 4 is 0 Å². The van der Waals surface area contributed by atoms with Crippen molar-refractivity contribution in [1.29, 1.82) is 0 Å². The highest BCUT2D eigenvalue weighted by Gasteiger charge is 2.22. The fourth-order valence-corrected chi connectivity index (χ4v) is 4.05. The van der Waals surface area contributed by atoms with Gasteiger partial charge < -0.3 is 9.80 Å². The molecule has 0 aromatic heterocycles. The Morgan fingerprint density at radius 2 is 0.960 bits per heavy atom. The monoisotopic (exact) mass is 350 g/mol. The van der Waals surface area contributed by atoms with E-state index < -0.39 is 0 Å². The number of hydrogen-bond donors (Lipinski definition) is 0. The van der Waals surface area contributed by atoms with Gasteiger partial charge in [0.1, 0.15) is 6.17 Å². The van der Waals surface area contributed by atoms with Crippen molar-refractivity contribution in [3.8, 4) is 0 Å². The molecule has 1 aliphatic rings. The Hall–Kier alpha value is -0.660. The van der Waals surface area contributed by atoms with Gasteiger partial charge in [-0.1, -0.05) is 97.8 Å². The molecule has 1 atom stereocenters. The van der Waals surface area contributed by atoms with Crippen LogP contribution in [0.2, 0.25) is 0 Å². The van der Waals surface area contributed by atoms with Crippen molar-refractivity contribution in [2.24, 2.45) is 0 Å². The maximum absolute atomic E-state index is 2.56. The van der Waals surface area contributed by atoms with Crippen LogP contribution in [0.1, 0.15) is 117 Å². The second kappa shape index (κ2) is 15.6. The summed E-state index contributed by atoms with van der Waals surface area (Å²) in [4.78, 5) is 5.08. The van der Waals surface area contributed by atoms with Gasteiger partial charge in [0.15, 0.2) is 0 Å². The Labute approximate surface area is 159 Å². The summed E-state index contributed by atoms with van der Waals surface area (Å²) in [6.07, 6.45) is 26.4. The average Bonchev–Trinajstić information content (AvgIpc) is 3.01. The smallest absolute Gasteiger partial charge is 0.100 e. The molecule has 1 rings (SSSR count). The van der Waals surface area contributed by atoms with Crippen LogP contribution in [0.25, 0.3) is 0 Å². The summed E-state index contributed by atoms with van der Waals surface area (Å²) in [5, 5.41) is 0. The van der Waals surface area contributed by atoms with E-state index in [-0.39, 0.29) is 0 Å². The van der Waals surface area contributed by atoms with Crippen molar-refractivity contribution in [2.75, 3.05) is 13.1 Å². The van der Waals surface area contributed by atoms with E-state index in [4.69, 9.17) is 0 Å². The number of nitrogens with zero attached hydrogens (tertiary/aromatic N) is 2. The van der Waals surface area contributed by atoms with Crippen molar-refractivity contribution in [2.45, 2.75) is 123 Å². The molecular weight excluding hydrogens is 304 g/mol. The van der Waals surface area contributed by atoms with Gasteiger partial charge in [-0.15, -0.1) is 0 Å². The molecule has 0 radical (unpaired) electrons. The summed E-state index contributed by atoms with van der Waals surface area (Å²) < 4.78 is 0. The van der Waals surface area contributed by atoms with Crippen molar-refractivity contribution < 1.29 is 0 Å². The van der Waals surface area contributed by atoms with E-state index in [1.807, 2.05) is 0 Å². The minimum atomic E-state index is 0.622. The third-order valence-electron chi connectivity index (χ3n) is 5.58. The lowest BCUT2D eigenvalue weighted by Gasteiger charge is -2.32. The number of rotatable bonds is 17. The molecule has 0 aromatic rings. The van der Waals surface area contributed by atoms with Crippen LogP contribution in [0.5, 0.6) is 0 Å². The van der Waals surface area contributed by atoms with Gasteiger partial charge in [-0.05, 0) is 19.3 Å². The zero-order chi connectivity index (χ0) is 18.2. The molecule has 0 bridgehead atoms. The van der Waals surface area contributed by atoms with Crippen LogP contribution in [0.15, 0.2) is 12.4 Å². The lowest BCUT2D eigenvalue weighted by molar-refractivity contribution is 0.146. The first kappa shape index (κ1) is 22.4. The molecule has 0 saturated heterocycles. The predicted octanol–water partition coefficient (Wildman–Crippen LogP) is 7.31. The van der Waals surface area contributed by atoms with E-state index in [1.165, 1.54) is 109 Å². The van der Waals surface area contributed by atoms with Gasteiger partial charge in [-0.25, -0.2) is 0 Å². The maximum Gasteiger partial charge on any atom is 0.100 e. The molecular formula is C23H46N2. The fraction of sp³-hybridized carbons (Fsp3) is 0.913. The predicted molar refractivity (Wildman–Crippen MR) is 113 cm³/mol. The highest BCUT2D eigenvalue weighted by Crippen LogP contribution is 2.20. The zero-order valence-electron chi connectivity index (χ0n) is 17.6. The maximum atomic E-state index is 2.56. The Morgan fingerprint density at radius 3 is 1.40 bits per heavy atom. The third-order valence-corrected chi connectivity index (χ3v) is 5.58. The summed E-state index contributed by atoms with van der Waals surface area (Å²) in [6.45, 7) is 9.33. The first-order chi connectivity index (χ1) is 12.3. The highest BCUT2D eigenvalue weighted by atomic mass is 15.4. The highest BCUT2D eigenvalue weighted by molar-refractivity contribution is 4.96. The topological polar surface area (TPSA) is 6.48 Å². The largest absolute Gasteiger partial charge is 0.356 e. The minimum absolute atomic E-state index is 0.622. The van der Waals surface area contributed by atoms with Gasteiger partial charge >= 0.3 is 0 Å². The third kappa shape index (κ3) is 10.2. The molecule has 0 fully saturated rings. The zero-order valence-corrected chi connectivity index (χ0v) is 17.6. The Morgan fingerprint density at radius 1 is 0.520 bits per heavy atom. The molecule has 0 aliphatic carbocycles. The van der Waals surface area contributed by atoms with E-state index >= 15 is 0 Å². The molecule has 148 valence electrons. The molecule has 2 nitrogen and oxygen atoms in total. The van der Waals surface area contributed by atoms with E-state index in [2.05, 4.69) is 43.0 Å². The van der Waals surface area contributed by atoms with Crippen LogP contribution in [0.3, 0.4) is 0 Å². The van der Waals surface area contributed by atoms with E-state index in [0.717, 1.165) is 0 Å². The van der Waals surface area contributed by atoms with Crippen molar-refractivity contribution in [1.82, 2.24) is 9.80 Å². The lowest BCUT2D eigenvalue weighted by Crippen LogP contribution is -2.38. The van der Waals surface area contributed by atoms with Crippen LogP contribution < -0.4 is 0 Å². The SMILES string of the molecule is CCCCCCCCCCCCCCCN1C=CN(CCC)C1CC. The van der Waals surface area contributed by atoms with Crippen molar-refractivity contribution in [3.05, 3.63) is 12.4 Å². The summed E-state index contributed by atoms with van der Waals surface area (Å²) in [6, 6.07) is 0. The van der Waals surface area contributed by atoms with E-state index in [9.17, 15) is 0 Å². The second-order valence-electron chi connectivity index (χ2n) is 7.91. The van der Waals surface area contributed by atoms with Crippen LogP contribution in [0, 0.1) is 0 Å². The van der Waals surface area contributed by atoms with Crippen LogP contribution in [-0.2, 0) is 0 Å². The van der Waals surface area contributed by atoms with Gasteiger partial charge in [0, 0.05) is 25.5 Å². The quantitative estimate of drug-likeness (QED) is 0.254. The summed E-state index contributed by atoms with van der Waals surface area (Å²) in [7, 11) is 0. The number of unbranched alkanes of at least 4 members (excludes halogenated alkanes) is 12.